The molecule has 0 amide bonds. The van der Waals surface area contributed by atoms with Crippen LogP contribution in [0.4, 0.5) is 0 Å². The standard InChI is InChI=1S/C15H16O2.C4H6O2.C4H6.C3H5ClO.C3H3N/c1-15(2,11-3-7-13(16)8-4-11)12-5-9-14(17)10-6-12;1-3(2)4(5)6;1-3-4-2;4-1-3-2-5-3;1-2-3-4/h3-10,16-17H,1-2H3;1H2,2H3,(H,5,6);3-4H,1-2H2;3H,1-2H2;2H,1H2. The third kappa shape index (κ3) is 16.8. The summed E-state index contributed by atoms with van der Waals surface area (Å²) in [6.45, 7) is 19.6. The fraction of sp³-hybridized carbons (Fsp3) is 0.241. The molecule has 1 saturated heterocycles. The Hall–Kier alpha value is -3.79. The van der Waals surface area contributed by atoms with Crippen LogP contribution in [-0.4, -0.2) is 39.9 Å². The molecule has 1 heterocycles. The Kier molecular flexibility index (Phi) is 18.6. The Balaban J connectivity index is 0. The smallest absolute Gasteiger partial charge is 0.330 e. The molecule has 0 aromatic heterocycles. The third-order valence-electron chi connectivity index (χ3n) is 4.38. The van der Waals surface area contributed by atoms with Gasteiger partial charge in [-0.3, -0.25) is 0 Å². The van der Waals surface area contributed by atoms with Crippen molar-refractivity contribution in [2.45, 2.75) is 32.3 Å². The number of allylic oxidation sites excluding steroid dienone is 3. The topological polar surface area (TPSA) is 114 Å². The summed E-state index contributed by atoms with van der Waals surface area (Å²) in [5.41, 5.74) is 2.28. The van der Waals surface area contributed by atoms with E-state index in [1.165, 1.54) is 13.0 Å². The van der Waals surface area contributed by atoms with Gasteiger partial charge in [0.25, 0.3) is 0 Å². The van der Waals surface area contributed by atoms with Crippen LogP contribution in [0.25, 0.3) is 0 Å². The Bertz CT molecular complexity index is 920. The Labute approximate surface area is 219 Å². The molecule has 1 unspecified atom stereocenters. The van der Waals surface area contributed by atoms with Crippen LogP contribution in [0.2, 0.25) is 0 Å². The third-order valence-corrected chi connectivity index (χ3v) is 4.72. The van der Waals surface area contributed by atoms with E-state index in [4.69, 9.17) is 26.7 Å². The number of hydrogen-bond donors (Lipinski definition) is 3. The van der Waals surface area contributed by atoms with Crippen molar-refractivity contribution in [2.75, 3.05) is 12.5 Å². The molecule has 3 N–H and O–H groups in total. The number of aromatic hydroxyl groups is 2. The summed E-state index contributed by atoms with van der Waals surface area (Å²) >= 11 is 5.27. The molecule has 3 rings (SSSR count). The van der Waals surface area contributed by atoms with Gasteiger partial charge >= 0.3 is 5.97 Å². The molecular weight excluding hydrogens is 478 g/mol. The zero-order valence-electron chi connectivity index (χ0n) is 21.2. The highest BCUT2D eigenvalue weighted by Gasteiger charge is 2.22. The minimum absolute atomic E-state index is 0.151. The lowest BCUT2D eigenvalue weighted by Gasteiger charge is -2.26. The molecule has 36 heavy (non-hydrogen) atoms. The average molecular weight is 514 g/mol. The Morgan fingerprint density at radius 1 is 1.06 bits per heavy atom. The highest BCUT2D eigenvalue weighted by molar-refractivity contribution is 6.18. The van der Waals surface area contributed by atoms with E-state index in [0.29, 0.717) is 12.0 Å². The van der Waals surface area contributed by atoms with Crippen molar-refractivity contribution in [3.63, 3.8) is 0 Å². The number of aliphatic carboxylic acids is 1. The lowest BCUT2D eigenvalue weighted by Crippen LogP contribution is -2.18. The molecule has 1 atom stereocenters. The van der Waals surface area contributed by atoms with E-state index in [0.717, 1.165) is 17.7 Å². The molecule has 6 nitrogen and oxygen atoms in total. The van der Waals surface area contributed by atoms with Crippen LogP contribution in [0.5, 0.6) is 11.5 Å². The van der Waals surface area contributed by atoms with Crippen LogP contribution in [0.3, 0.4) is 0 Å². The molecule has 2 aromatic rings. The van der Waals surface area contributed by atoms with E-state index in [-0.39, 0.29) is 22.5 Å². The molecule has 1 fully saturated rings. The van der Waals surface area contributed by atoms with Crippen molar-refractivity contribution < 1.29 is 24.9 Å². The Morgan fingerprint density at radius 3 is 1.50 bits per heavy atom. The van der Waals surface area contributed by atoms with Gasteiger partial charge in [0.15, 0.2) is 0 Å². The number of carboxylic acids is 1. The van der Waals surface area contributed by atoms with Crippen LogP contribution < -0.4 is 0 Å². The normalized spacial score (nSPS) is 12.4. The minimum Gasteiger partial charge on any atom is -0.508 e. The number of halogens is 1. The molecule has 2 aromatic carbocycles. The first-order chi connectivity index (χ1) is 16.9. The molecule has 194 valence electrons. The SMILES string of the molecule is C=C(C)C(=O)O.C=CC#N.C=CC=C.CC(C)(c1ccc(O)cc1)c1ccc(O)cc1.ClCC1CO1. The van der Waals surface area contributed by atoms with Gasteiger partial charge in [-0.25, -0.2) is 4.79 Å². The summed E-state index contributed by atoms with van der Waals surface area (Å²) in [5.74, 6) is 0.278. The zero-order chi connectivity index (χ0) is 28.1. The number of hydrogen-bond acceptors (Lipinski definition) is 5. The first-order valence-corrected chi connectivity index (χ1v) is 11.3. The number of epoxide rings is 1. The minimum atomic E-state index is -0.935. The van der Waals surface area contributed by atoms with Crippen molar-refractivity contribution in [3.05, 3.63) is 110 Å². The number of ether oxygens (including phenoxy) is 1. The maximum Gasteiger partial charge on any atom is 0.330 e. The maximum atomic E-state index is 9.60. The second-order valence-electron chi connectivity index (χ2n) is 7.72. The summed E-state index contributed by atoms with van der Waals surface area (Å²) < 4.78 is 4.73. The van der Waals surface area contributed by atoms with Gasteiger partial charge in [-0.1, -0.05) is 76.6 Å². The van der Waals surface area contributed by atoms with Gasteiger partial charge in [0.2, 0.25) is 0 Å². The van der Waals surface area contributed by atoms with Gasteiger partial charge in [0.05, 0.1) is 24.7 Å². The van der Waals surface area contributed by atoms with E-state index >= 15 is 0 Å². The van der Waals surface area contributed by atoms with E-state index in [9.17, 15) is 15.0 Å². The summed E-state index contributed by atoms with van der Waals surface area (Å²) in [7, 11) is 0. The molecule has 1 aliphatic rings. The molecular formula is C29H36ClNO5. The van der Waals surface area contributed by atoms with E-state index in [1.807, 2.05) is 24.3 Å². The van der Waals surface area contributed by atoms with Gasteiger partial charge in [-0.05, 0) is 42.3 Å². The fourth-order valence-corrected chi connectivity index (χ4v) is 2.26. The number of nitrogens with zero attached hydrogens (tertiary/aromatic N) is 1. The summed E-state index contributed by atoms with van der Waals surface area (Å²) in [6, 6.07) is 16.1. The van der Waals surface area contributed by atoms with Crippen molar-refractivity contribution in [2.24, 2.45) is 0 Å². The molecule has 0 aliphatic carbocycles. The van der Waals surface area contributed by atoms with Crippen LogP contribution >= 0.6 is 11.6 Å². The van der Waals surface area contributed by atoms with Gasteiger partial charge < -0.3 is 20.1 Å². The Morgan fingerprint density at radius 2 is 1.36 bits per heavy atom. The highest BCUT2D eigenvalue weighted by atomic mass is 35.5. The van der Waals surface area contributed by atoms with E-state index in [1.54, 1.807) is 42.5 Å². The molecule has 0 bridgehead atoms. The zero-order valence-corrected chi connectivity index (χ0v) is 21.9. The number of alkyl halides is 1. The number of benzene rings is 2. The first-order valence-electron chi connectivity index (χ1n) is 10.8. The number of carbonyl (C=O) groups is 1. The van der Waals surface area contributed by atoms with Crippen LogP contribution in [-0.2, 0) is 14.9 Å². The summed E-state index contributed by atoms with van der Waals surface area (Å²) in [6.07, 6.45) is 4.86. The number of nitriles is 1. The molecule has 7 heteroatoms. The van der Waals surface area contributed by atoms with Crippen molar-refractivity contribution >= 4 is 17.6 Å². The van der Waals surface area contributed by atoms with Crippen LogP contribution in [0, 0.1) is 11.3 Å². The van der Waals surface area contributed by atoms with Gasteiger partial charge in [0.1, 0.15) is 11.5 Å². The summed E-state index contributed by atoms with van der Waals surface area (Å²) in [4.78, 5) is 9.60. The second-order valence-corrected chi connectivity index (χ2v) is 8.03. The van der Waals surface area contributed by atoms with Crippen LogP contribution in [0.1, 0.15) is 31.9 Å². The first kappa shape index (κ1) is 34.4. The van der Waals surface area contributed by atoms with Gasteiger partial charge in [-0.2, -0.15) is 5.26 Å². The van der Waals surface area contributed by atoms with Gasteiger partial charge in [0, 0.05) is 17.1 Å². The molecule has 1 aliphatic heterocycles. The molecule has 0 saturated carbocycles. The number of rotatable bonds is 5. The number of carboxylic acid groups (broad SMARTS) is 1. The van der Waals surface area contributed by atoms with Crippen molar-refractivity contribution in [1.82, 2.24) is 0 Å². The lowest BCUT2D eigenvalue weighted by atomic mass is 9.78. The fourth-order valence-electron chi connectivity index (χ4n) is 2.08. The predicted octanol–water partition coefficient (Wildman–Crippen LogP) is 6.75. The second kappa shape index (κ2) is 19.5. The van der Waals surface area contributed by atoms with Gasteiger partial charge in [-0.15, -0.1) is 11.6 Å². The maximum absolute atomic E-state index is 9.60. The predicted molar refractivity (Wildman–Crippen MR) is 147 cm³/mol. The summed E-state index contributed by atoms with van der Waals surface area (Å²) in [5, 5.41) is 34.0. The molecule has 0 spiro atoms. The number of phenolic OH excluding ortho intramolecular Hbond substituents is 2. The largest absolute Gasteiger partial charge is 0.508 e. The number of phenols is 2. The quantitative estimate of drug-likeness (QED) is 0.134. The lowest BCUT2D eigenvalue weighted by molar-refractivity contribution is -0.132. The monoisotopic (exact) mass is 513 g/mol. The van der Waals surface area contributed by atoms with E-state index in [2.05, 4.69) is 40.2 Å². The van der Waals surface area contributed by atoms with Crippen molar-refractivity contribution in [3.8, 4) is 17.6 Å². The average Bonchev–Trinajstić information content (AvgIpc) is 3.70. The van der Waals surface area contributed by atoms with E-state index < -0.39 is 5.97 Å². The molecule has 0 radical (unpaired) electrons. The van der Waals surface area contributed by atoms with Crippen molar-refractivity contribution in [1.29, 1.82) is 5.26 Å². The van der Waals surface area contributed by atoms with Crippen LogP contribution in [0.15, 0.2) is 98.6 Å². The highest BCUT2D eigenvalue weighted by Crippen LogP contribution is 2.32.